The Morgan fingerprint density at radius 1 is 1.29 bits per heavy atom. The minimum atomic E-state index is -1.60. The van der Waals surface area contributed by atoms with Crippen LogP contribution in [0.15, 0.2) is 24.3 Å². The SMILES string of the molecule is NCc1ccc(C(=O)NCC(O)C(=O)O)cc1. The Balaban J connectivity index is 2.55. The van der Waals surface area contributed by atoms with E-state index in [1.165, 1.54) is 0 Å². The van der Waals surface area contributed by atoms with Gasteiger partial charge < -0.3 is 21.3 Å². The molecule has 0 fully saturated rings. The van der Waals surface area contributed by atoms with E-state index in [1.54, 1.807) is 24.3 Å². The molecule has 1 amide bonds. The molecule has 1 rings (SSSR count). The maximum absolute atomic E-state index is 11.5. The van der Waals surface area contributed by atoms with E-state index in [2.05, 4.69) is 5.32 Å². The molecule has 6 heteroatoms. The Morgan fingerprint density at radius 2 is 1.88 bits per heavy atom. The Kier molecular flexibility index (Phi) is 4.62. The molecule has 17 heavy (non-hydrogen) atoms. The minimum Gasteiger partial charge on any atom is -0.479 e. The lowest BCUT2D eigenvalue weighted by Gasteiger charge is -2.08. The molecule has 5 N–H and O–H groups in total. The largest absolute Gasteiger partial charge is 0.479 e. The fourth-order valence-electron chi connectivity index (χ4n) is 1.17. The molecule has 0 radical (unpaired) electrons. The summed E-state index contributed by atoms with van der Waals surface area (Å²) in [6.45, 7) is 0.0619. The molecule has 0 saturated carbocycles. The van der Waals surface area contributed by atoms with Crippen LogP contribution in [-0.4, -0.2) is 34.7 Å². The Labute approximate surface area is 98.1 Å². The number of nitrogens with two attached hydrogens (primary N) is 1. The monoisotopic (exact) mass is 238 g/mol. The maximum atomic E-state index is 11.5. The number of carboxylic acid groups (broad SMARTS) is 1. The molecule has 0 heterocycles. The van der Waals surface area contributed by atoms with E-state index in [1.807, 2.05) is 0 Å². The van der Waals surface area contributed by atoms with Crippen LogP contribution in [0, 0.1) is 0 Å². The third-order valence-corrected chi connectivity index (χ3v) is 2.19. The van der Waals surface area contributed by atoms with E-state index < -0.39 is 18.0 Å². The fraction of sp³-hybridized carbons (Fsp3) is 0.273. The van der Waals surface area contributed by atoms with Gasteiger partial charge in [-0.05, 0) is 17.7 Å². The summed E-state index contributed by atoms with van der Waals surface area (Å²) in [7, 11) is 0. The lowest BCUT2D eigenvalue weighted by Crippen LogP contribution is -2.36. The van der Waals surface area contributed by atoms with Gasteiger partial charge in [-0.15, -0.1) is 0 Å². The Hall–Kier alpha value is -1.92. The first-order valence-corrected chi connectivity index (χ1v) is 5.02. The van der Waals surface area contributed by atoms with E-state index >= 15 is 0 Å². The summed E-state index contributed by atoms with van der Waals surface area (Å²) in [5, 5.41) is 19.7. The third kappa shape index (κ3) is 3.86. The number of hydrogen-bond acceptors (Lipinski definition) is 4. The standard InChI is InChI=1S/C11H14N2O4/c12-5-7-1-3-8(4-2-7)10(15)13-6-9(14)11(16)17/h1-4,9,14H,5-6,12H2,(H,13,15)(H,16,17). The van der Waals surface area contributed by atoms with Crippen molar-refractivity contribution in [2.24, 2.45) is 5.73 Å². The summed E-state index contributed by atoms with van der Waals surface area (Å²) in [6, 6.07) is 6.60. The van der Waals surface area contributed by atoms with Crippen molar-refractivity contribution in [3.05, 3.63) is 35.4 Å². The van der Waals surface area contributed by atoms with Gasteiger partial charge >= 0.3 is 5.97 Å². The predicted octanol–water partition coefficient (Wildman–Crippen LogP) is -0.679. The minimum absolute atomic E-state index is 0.327. The normalized spacial score (nSPS) is 11.9. The Bertz CT molecular complexity index is 402. The number of carbonyl (C=O) groups is 2. The average Bonchev–Trinajstić information content (AvgIpc) is 2.35. The first-order chi connectivity index (χ1) is 8.04. The summed E-state index contributed by atoms with van der Waals surface area (Å²) in [5.74, 6) is -1.81. The second kappa shape index (κ2) is 5.97. The van der Waals surface area contributed by atoms with Crippen LogP contribution < -0.4 is 11.1 Å². The van der Waals surface area contributed by atoms with E-state index in [0.717, 1.165) is 5.56 Å². The lowest BCUT2D eigenvalue weighted by atomic mass is 10.1. The van der Waals surface area contributed by atoms with E-state index in [9.17, 15) is 9.59 Å². The number of aliphatic hydroxyl groups is 1. The molecule has 0 spiro atoms. The van der Waals surface area contributed by atoms with Crippen molar-refractivity contribution in [3.8, 4) is 0 Å². The van der Waals surface area contributed by atoms with Crippen LogP contribution in [-0.2, 0) is 11.3 Å². The van der Waals surface area contributed by atoms with Gasteiger partial charge in [0.1, 0.15) is 0 Å². The molecular weight excluding hydrogens is 224 g/mol. The van der Waals surface area contributed by atoms with Gasteiger partial charge in [-0.1, -0.05) is 12.1 Å². The van der Waals surface area contributed by atoms with Crippen molar-refractivity contribution in [2.75, 3.05) is 6.54 Å². The number of rotatable bonds is 5. The van der Waals surface area contributed by atoms with Crippen LogP contribution in [0.4, 0.5) is 0 Å². The van der Waals surface area contributed by atoms with E-state index in [4.69, 9.17) is 15.9 Å². The fourth-order valence-corrected chi connectivity index (χ4v) is 1.17. The molecule has 1 aromatic carbocycles. The number of benzene rings is 1. The van der Waals surface area contributed by atoms with Crippen molar-refractivity contribution in [3.63, 3.8) is 0 Å². The highest BCUT2D eigenvalue weighted by Crippen LogP contribution is 2.03. The van der Waals surface area contributed by atoms with E-state index in [-0.39, 0.29) is 6.54 Å². The van der Waals surface area contributed by atoms with Crippen molar-refractivity contribution < 1.29 is 19.8 Å². The van der Waals surface area contributed by atoms with Gasteiger partial charge in [0.05, 0.1) is 6.54 Å². The predicted molar refractivity (Wildman–Crippen MR) is 60.3 cm³/mol. The molecule has 0 aliphatic carbocycles. The van der Waals surface area contributed by atoms with Gasteiger partial charge in [-0.3, -0.25) is 4.79 Å². The van der Waals surface area contributed by atoms with Crippen molar-refractivity contribution >= 4 is 11.9 Å². The number of carbonyl (C=O) groups excluding carboxylic acids is 1. The highest BCUT2D eigenvalue weighted by Gasteiger charge is 2.14. The number of nitrogens with one attached hydrogen (secondary N) is 1. The highest BCUT2D eigenvalue weighted by molar-refractivity contribution is 5.94. The zero-order chi connectivity index (χ0) is 12.8. The summed E-state index contributed by atoms with van der Waals surface area (Å²) in [6.07, 6.45) is -1.60. The van der Waals surface area contributed by atoms with Crippen LogP contribution >= 0.6 is 0 Å². The number of aliphatic carboxylic acids is 1. The van der Waals surface area contributed by atoms with Gasteiger partial charge in [0.2, 0.25) is 0 Å². The molecule has 1 aromatic rings. The lowest BCUT2D eigenvalue weighted by molar-refractivity contribution is -0.146. The molecule has 0 aliphatic heterocycles. The second-order valence-electron chi connectivity index (χ2n) is 3.47. The van der Waals surface area contributed by atoms with Crippen molar-refractivity contribution in [1.29, 1.82) is 0 Å². The van der Waals surface area contributed by atoms with Gasteiger partial charge in [0, 0.05) is 12.1 Å². The van der Waals surface area contributed by atoms with Crippen LogP contribution in [0.1, 0.15) is 15.9 Å². The summed E-state index contributed by atoms with van der Waals surface area (Å²) >= 11 is 0. The molecule has 1 unspecified atom stereocenters. The molecule has 0 bridgehead atoms. The molecule has 6 nitrogen and oxygen atoms in total. The molecule has 0 aliphatic rings. The summed E-state index contributed by atoms with van der Waals surface area (Å²) in [5.41, 5.74) is 6.69. The number of aliphatic hydroxyl groups excluding tert-OH is 1. The van der Waals surface area contributed by atoms with Crippen LogP contribution in [0.2, 0.25) is 0 Å². The second-order valence-corrected chi connectivity index (χ2v) is 3.47. The first kappa shape index (κ1) is 13.1. The number of carboxylic acids is 1. The number of amides is 1. The van der Waals surface area contributed by atoms with Gasteiger partial charge in [0.15, 0.2) is 6.10 Å². The zero-order valence-corrected chi connectivity index (χ0v) is 9.09. The molecule has 0 saturated heterocycles. The summed E-state index contributed by atoms with van der Waals surface area (Å²) in [4.78, 5) is 21.8. The first-order valence-electron chi connectivity index (χ1n) is 5.02. The third-order valence-electron chi connectivity index (χ3n) is 2.19. The quantitative estimate of drug-likeness (QED) is 0.543. The van der Waals surface area contributed by atoms with Gasteiger partial charge in [-0.25, -0.2) is 4.79 Å². The van der Waals surface area contributed by atoms with Crippen molar-refractivity contribution in [1.82, 2.24) is 5.32 Å². The molecule has 1 atom stereocenters. The Morgan fingerprint density at radius 3 is 2.35 bits per heavy atom. The maximum Gasteiger partial charge on any atom is 0.334 e. The van der Waals surface area contributed by atoms with Crippen LogP contribution in [0.3, 0.4) is 0 Å². The average molecular weight is 238 g/mol. The molecule has 0 aromatic heterocycles. The topological polar surface area (TPSA) is 113 Å². The molecular formula is C11H14N2O4. The zero-order valence-electron chi connectivity index (χ0n) is 9.09. The molecule has 92 valence electrons. The number of hydrogen-bond donors (Lipinski definition) is 4. The van der Waals surface area contributed by atoms with Crippen LogP contribution in [0.5, 0.6) is 0 Å². The van der Waals surface area contributed by atoms with Gasteiger partial charge in [-0.2, -0.15) is 0 Å². The van der Waals surface area contributed by atoms with E-state index in [0.29, 0.717) is 12.1 Å². The summed E-state index contributed by atoms with van der Waals surface area (Å²) < 4.78 is 0. The highest BCUT2D eigenvalue weighted by atomic mass is 16.4. The smallest absolute Gasteiger partial charge is 0.334 e. The van der Waals surface area contributed by atoms with Crippen molar-refractivity contribution in [2.45, 2.75) is 12.6 Å². The van der Waals surface area contributed by atoms with Crippen LogP contribution in [0.25, 0.3) is 0 Å². The van der Waals surface area contributed by atoms with Gasteiger partial charge in [0.25, 0.3) is 5.91 Å².